The molecule has 2 aromatic heterocycles. The highest BCUT2D eigenvalue weighted by molar-refractivity contribution is 5.26. The summed E-state index contributed by atoms with van der Waals surface area (Å²) >= 11 is 0. The lowest BCUT2D eigenvalue weighted by atomic mass is 9.90. The number of H-pyrrole nitrogens is 1. The number of nitrogens with one attached hydrogen (secondary N) is 1. The van der Waals surface area contributed by atoms with Crippen molar-refractivity contribution < 1.29 is 0 Å². The summed E-state index contributed by atoms with van der Waals surface area (Å²) in [4.78, 5) is 12.7. The lowest BCUT2D eigenvalue weighted by Crippen LogP contribution is -2.46. The van der Waals surface area contributed by atoms with Gasteiger partial charge in [-0.2, -0.15) is 5.26 Å². The molecule has 29 heavy (non-hydrogen) atoms. The lowest BCUT2D eigenvalue weighted by Gasteiger charge is -2.41. The number of likely N-dealkylation sites (tertiary alicyclic amines) is 1. The highest BCUT2D eigenvalue weighted by Gasteiger charge is 2.28. The van der Waals surface area contributed by atoms with Gasteiger partial charge < -0.3 is 9.88 Å². The molecule has 5 heteroatoms. The molecule has 0 aromatic carbocycles. The van der Waals surface area contributed by atoms with Crippen LogP contribution < -0.4 is 0 Å². The second-order valence-corrected chi connectivity index (χ2v) is 8.86. The first-order valence-corrected chi connectivity index (χ1v) is 11.2. The van der Waals surface area contributed by atoms with Gasteiger partial charge in [0.25, 0.3) is 0 Å². The number of hydrogen-bond acceptors (Lipinski definition) is 4. The van der Waals surface area contributed by atoms with Crippen LogP contribution in [-0.2, 0) is 13.1 Å². The number of aromatic nitrogens is 2. The minimum absolute atomic E-state index is 0.641. The highest BCUT2D eigenvalue weighted by Crippen LogP contribution is 2.28. The molecular weight excluding hydrogens is 358 g/mol. The molecule has 1 aliphatic heterocycles. The highest BCUT2D eigenvalue weighted by atomic mass is 15.2. The molecule has 4 rings (SSSR count). The maximum atomic E-state index is 9.13. The van der Waals surface area contributed by atoms with Crippen molar-refractivity contribution >= 4 is 0 Å². The third kappa shape index (κ3) is 5.68. The van der Waals surface area contributed by atoms with E-state index in [4.69, 9.17) is 5.26 Å². The number of nitrogens with zero attached hydrogens (tertiary/aromatic N) is 4. The third-order valence-electron chi connectivity index (χ3n) is 6.56. The normalized spacial score (nSPS) is 21.3. The van der Waals surface area contributed by atoms with Gasteiger partial charge in [0.15, 0.2) is 0 Å². The molecule has 2 fully saturated rings. The molecule has 1 atom stereocenters. The van der Waals surface area contributed by atoms with Crippen molar-refractivity contribution in [1.29, 1.82) is 5.26 Å². The molecule has 0 bridgehead atoms. The van der Waals surface area contributed by atoms with Crippen molar-refractivity contribution in [2.45, 2.75) is 64.1 Å². The van der Waals surface area contributed by atoms with Gasteiger partial charge in [0.05, 0.1) is 0 Å². The van der Waals surface area contributed by atoms with Crippen LogP contribution in [0.2, 0.25) is 0 Å². The summed E-state index contributed by atoms with van der Waals surface area (Å²) < 4.78 is 0. The maximum Gasteiger partial charge on any atom is 0.117 e. The topological polar surface area (TPSA) is 59.0 Å². The molecule has 0 radical (unpaired) electrons. The van der Waals surface area contributed by atoms with Gasteiger partial charge in [-0.25, -0.2) is 0 Å². The molecule has 1 aliphatic carbocycles. The van der Waals surface area contributed by atoms with Crippen molar-refractivity contribution in [3.8, 4) is 6.07 Å². The van der Waals surface area contributed by atoms with Gasteiger partial charge in [-0.05, 0) is 61.4 Å². The van der Waals surface area contributed by atoms with Crippen molar-refractivity contribution in [3.63, 3.8) is 0 Å². The van der Waals surface area contributed by atoms with Crippen LogP contribution >= 0.6 is 0 Å². The summed E-state index contributed by atoms with van der Waals surface area (Å²) in [6.45, 7) is 5.40. The van der Waals surface area contributed by atoms with E-state index in [1.165, 1.54) is 69.2 Å². The van der Waals surface area contributed by atoms with E-state index >= 15 is 0 Å². The van der Waals surface area contributed by atoms with Gasteiger partial charge in [-0.1, -0.05) is 25.3 Å². The zero-order valence-corrected chi connectivity index (χ0v) is 17.4. The Labute approximate surface area is 174 Å². The summed E-state index contributed by atoms with van der Waals surface area (Å²) in [7, 11) is 0. The van der Waals surface area contributed by atoms with E-state index in [-0.39, 0.29) is 0 Å². The van der Waals surface area contributed by atoms with Gasteiger partial charge >= 0.3 is 0 Å². The molecule has 2 aromatic rings. The molecule has 3 heterocycles. The average Bonchev–Trinajstić information content (AvgIpc) is 3.23. The van der Waals surface area contributed by atoms with E-state index in [1.807, 2.05) is 30.7 Å². The van der Waals surface area contributed by atoms with Crippen LogP contribution in [0.4, 0.5) is 0 Å². The number of piperidine rings is 1. The van der Waals surface area contributed by atoms with Crippen LogP contribution in [0.25, 0.3) is 0 Å². The van der Waals surface area contributed by atoms with E-state index in [2.05, 4.69) is 31.9 Å². The number of aromatic amines is 1. The van der Waals surface area contributed by atoms with Gasteiger partial charge in [0, 0.05) is 50.8 Å². The van der Waals surface area contributed by atoms with Crippen molar-refractivity contribution in [3.05, 3.63) is 53.6 Å². The Kier molecular flexibility index (Phi) is 6.97. The third-order valence-corrected chi connectivity index (χ3v) is 6.56. The van der Waals surface area contributed by atoms with E-state index in [0.29, 0.717) is 5.69 Å². The van der Waals surface area contributed by atoms with Crippen molar-refractivity contribution in [2.24, 2.45) is 5.92 Å². The monoisotopic (exact) mass is 391 g/mol. The number of rotatable bonds is 7. The molecule has 0 spiro atoms. The Balaban J connectivity index is 1.41. The molecule has 1 saturated carbocycles. The smallest absolute Gasteiger partial charge is 0.117 e. The first-order chi connectivity index (χ1) is 14.3. The summed E-state index contributed by atoms with van der Waals surface area (Å²) in [5, 5.41) is 9.13. The van der Waals surface area contributed by atoms with Crippen LogP contribution in [-0.4, -0.2) is 45.4 Å². The molecule has 0 unspecified atom stereocenters. The molecule has 1 saturated heterocycles. The van der Waals surface area contributed by atoms with Crippen LogP contribution in [0.1, 0.15) is 61.8 Å². The predicted octanol–water partition coefficient (Wildman–Crippen LogP) is 4.33. The lowest BCUT2D eigenvalue weighted by molar-refractivity contribution is 0.0771. The fourth-order valence-corrected chi connectivity index (χ4v) is 5.18. The van der Waals surface area contributed by atoms with E-state index in [0.717, 1.165) is 31.6 Å². The average molecular weight is 392 g/mol. The van der Waals surface area contributed by atoms with E-state index in [9.17, 15) is 0 Å². The Morgan fingerprint density at radius 2 is 2.00 bits per heavy atom. The number of hydrogen-bond donors (Lipinski definition) is 1. The predicted molar refractivity (Wildman–Crippen MR) is 115 cm³/mol. The van der Waals surface area contributed by atoms with Crippen LogP contribution in [0.5, 0.6) is 0 Å². The second-order valence-electron chi connectivity index (χ2n) is 8.86. The zero-order valence-electron chi connectivity index (χ0n) is 17.4. The van der Waals surface area contributed by atoms with Gasteiger partial charge in [-0.3, -0.25) is 9.88 Å². The maximum absolute atomic E-state index is 9.13. The quantitative estimate of drug-likeness (QED) is 0.763. The van der Waals surface area contributed by atoms with Crippen LogP contribution in [0.15, 0.2) is 36.8 Å². The first kappa shape index (κ1) is 20.1. The zero-order chi connectivity index (χ0) is 19.9. The van der Waals surface area contributed by atoms with E-state index in [1.54, 1.807) is 0 Å². The Bertz CT molecular complexity index is 787. The summed E-state index contributed by atoms with van der Waals surface area (Å²) in [6, 6.07) is 9.18. The van der Waals surface area contributed by atoms with Gasteiger partial charge in [-0.15, -0.1) is 0 Å². The Morgan fingerprint density at radius 3 is 2.76 bits per heavy atom. The second kappa shape index (κ2) is 10.0. The SMILES string of the molecule is N#Cc1cc(CN(Cc2cccnc2)C[C@@H]2CCCN(C3CCCCC3)C2)c[nH]1. The Morgan fingerprint density at radius 1 is 1.14 bits per heavy atom. The molecular formula is C24H33N5. The van der Waals surface area contributed by atoms with Gasteiger partial charge in [0.2, 0.25) is 0 Å². The molecule has 154 valence electrons. The fourth-order valence-electron chi connectivity index (χ4n) is 5.18. The summed E-state index contributed by atoms with van der Waals surface area (Å²) in [5.41, 5.74) is 3.08. The molecule has 1 N–H and O–H groups in total. The molecule has 5 nitrogen and oxygen atoms in total. The van der Waals surface area contributed by atoms with E-state index < -0.39 is 0 Å². The Hall–Kier alpha value is -2.16. The first-order valence-electron chi connectivity index (χ1n) is 11.2. The summed E-state index contributed by atoms with van der Waals surface area (Å²) in [5.74, 6) is 0.719. The standard InChI is InChI=1S/C24H33N5/c25-13-23-12-22(15-27-23)18-28(16-20-6-4-10-26-14-20)17-21-7-5-11-29(19-21)24-8-2-1-3-9-24/h4,6,10,12,14-15,21,24,27H,1-3,5,7-9,11,16-19H2/t21-/m0/s1. The molecule has 0 amide bonds. The largest absolute Gasteiger partial charge is 0.353 e. The number of pyridine rings is 1. The minimum atomic E-state index is 0.641. The summed E-state index contributed by atoms with van der Waals surface area (Å²) in [6.07, 6.45) is 15.5. The van der Waals surface area contributed by atoms with Gasteiger partial charge in [0.1, 0.15) is 11.8 Å². The minimum Gasteiger partial charge on any atom is -0.353 e. The van der Waals surface area contributed by atoms with Crippen molar-refractivity contribution in [2.75, 3.05) is 19.6 Å². The van der Waals surface area contributed by atoms with Crippen LogP contribution in [0.3, 0.4) is 0 Å². The number of nitriles is 1. The molecule has 2 aliphatic rings. The van der Waals surface area contributed by atoms with Crippen LogP contribution in [0, 0.1) is 17.2 Å². The fraction of sp³-hybridized carbons (Fsp3) is 0.583. The van der Waals surface area contributed by atoms with Crippen molar-refractivity contribution in [1.82, 2.24) is 19.8 Å².